The van der Waals surface area contributed by atoms with E-state index in [9.17, 15) is 5.11 Å². The molecular formula is C20H20O. The van der Waals surface area contributed by atoms with Gasteiger partial charge in [0.15, 0.2) is 0 Å². The molecule has 0 fully saturated rings. The first-order valence-corrected chi connectivity index (χ1v) is 7.91. The number of aliphatic hydroxyl groups excluding tert-OH is 1. The van der Waals surface area contributed by atoms with Gasteiger partial charge in [-0.05, 0) is 63.9 Å². The van der Waals surface area contributed by atoms with Gasteiger partial charge in [0, 0.05) is 0 Å². The first-order valence-electron chi connectivity index (χ1n) is 7.91. The largest absolute Gasteiger partial charge is 0.393 e. The first-order chi connectivity index (χ1) is 10.3. The summed E-state index contributed by atoms with van der Waals surface area (Å²) < 4.78 is 0. The lowest BCUT2D eigenvalue weighted by Crippen LogP contribution is -2.18. The van der Waals surface area contributed by atoms with Crippen LogP contribution in [0.1, 0.15) is 30.0 Å². The van der Waals surface area contributed by atoms with Crippen LogP contribution in [-0.2, 0) is 19.3 Å². The van der Waals surface area contributed by atoms with Crippen LogP contribution >= 0.6 is 0 Å². The molecule has 3 aromatic rings. The average molecular weight is 276 g/mol. The molecular weight excluding hydrogens is 256 g/mol. The van der Waals surface area contributed by atoms with Crippen molar-refractivity contribution in [3.05, 3.63) is 59.2 Å². The molecule has 0 heterocycles. The van der Waals surface area contributed by atoms with E-state index in [2.05, 4.69) is 49.4 Å². The van der Waals surface area contributed by atoms with Gasteiger partial charge in [0.1, 0.15) is 0 Å². The van der Waals surface area contributed by atoms with Crippen molar-refractivity contribution in [3.63, 3.8) is 0 Å². The maximum Gasteiger partial charge on any atom is 0.0583 e. The standard InChI is InChI=1S/C20H20O/c1-2-13-12-20-17-10-8-15(21)11-14(17)7-9-19(20)18-6-4-3-5-16(13)18/h3-7,9,12,15,21H,2,8,10-11H2,1H3. The second-order valence-corrected chi connectivity index (χ2v) is 6.13. The van der Waals surface area contributed by atoms with E-state index >= 15 is 0 Å². The van der Waals surface area contributed by atoms with Gasteiger partial charge in [0.05, 0.1) is 6.10 Å². The maximum absolute atomic E-state index is 9.90. The summed E-state index contributed by atoms with van der Waals surface area (Å²) in [6.45, 7) is 2.23. The molecule has 1 nitrogen and oxygen atoms in total. The van der Waals surface area contributed by atoms with Crippen LogP contribution in [-0.4, -0.2) is 11.2 Å². The number of benzene rings is 3. The number of fused-ring (bicyclic) bond motifs is 5. The van der Waals surface area contributed by atoms with Crippen molar-refractivity contribution in [1.82, 2.24) is 0 Å². The lowest BCUT2D eigenvalue weighted by Gasteiger charge is -2.23. The molecule has 4 rings (SSSR count). The van der Waals surface area contributed by atoms with E-state index in [1.807, 2.05) is 0 Å². The topological polar surface area (TPSA) is 20.2 Å². The van der Waals surface area contributed by atoms with E-state index in [0.717, 1.165) is 25.7 Å². The summed E-state index contributed by atoms with van der Waals surface area (Å²) in [5, 5.41) is 15.4. The molecule has 0 saturated heterocycles. The van der Waals surface area contributed by atoms with E-state index in [0.29, 0.717) is 0 Å². The third kappa shape index (κ3) is 1.96. The Morgan fingerprint density at radius 1 is 1.00 bits per heavy atom. The molecule has 0 spiro atoms. The van der Waals surface area contributed by atoms with E-state index in [1.54, 1.807) is 0 Å². The van der Waals surface area contributed by atoms with Gasteiger partial charge in [-0.2, -0.15) is 0 Å². The zero-order valence-electron chi connectivity index (χ0n) is 12.4. The Bertz CT molecular complexity index is 832. The monoisotopic (exact) mass is 276 g/mol. The minimum absolute atomic E-state index is 0.166. The molecule has 1 unspecified atom stereocenters. The molecule has 1 N–H and O–H groups in total. The fraction of sp³-hybridized carbons (Fsp3) is 0.300. The molecule has 1 aliphatic rings. The molecule has 0 aliphatic heterocycles. The van der Waals surface area contributed by atoms with Crippen LogP contribution in [0.2, 0.25) is 0 Å². The van der Waals surface area contributed by atoms with Crippen molar-refractivity contribution in [2.75, 3.05) is 0 Å². The van der Waals surface area contributed by atoms with E-state index in [4.69, 9.17) is 0 Å². The van der Waals surface area contributed by atoms with Gasteiger partial charge in [-0.15, -0.1) is 0 Å². The van der Waals surface area contributed by atoms with Crippen LogP contribution in [0.3, 0.4) is 0 Å². The van der Waals surface area contributed by atoms with Crippen molar-refractivity contribution in [1.29, 1.82) is 0 Å². The fourth-order valence-corrected chi connectivity index (χ4v) is 3.81. The fourth-order valence-electron chi connectivity index (χ4n) is 3.81. The zero-order valence-corrected chi connectivity index (χ0v) is 12.4. The van der Waals surface area contributed by atoms with Crippen LogP contribution < -0.4 is 0 Å². The summed E-state index contributed by atoms with van der Waals surface area (Å²) in [4.78, 5) is 0. The molecule has 0 aromatic heterocycles. The number of hydrogen-bond donors (Lipinski definition) is 1. The summed E-state index contributed by atoms with van der Waals surface area (Å²) in [5.41, 5.74) is 4.22. The summed E-state index contributed by atoms with van der Waals surface area (Å²) in [7, 11) is 0. The van der Waals surface area contributed by atoms with Crippen LogP contribution in [0.4, 0.5) is 0 Å². The van der Waals surface area contributed by atoms with Crippen molar-refractivity contribution in [3.8, 4) is 0 Å². The molecule has 0 radical (unpaired) electrons. The third-order valence-electron chi connectivity index (χ3n) is 4.90. The first kappa shape index (κ1) is 12.8. The normalized spacial score (nSPS) is 18.1. The molecule has 0 saturated carbocycles. The van der Waals surface area contributed by atoms with Gasteiger partial charge in [-0.3, -0.25) is 0 Å². The highest BCUT2D eigenvalue weighted by atomic mass is 16.3. The molecule has 3 aromatic carbocycles. The summed E-state index contributed by atoms with van der Waals surface area (Å²) in [5.74, 6) is 0. The van der Waals surface area contributed by atoms with Crippen LogP contribution in [0, 0.1) is 0 Å². The highest BCUT2D eigenvalue weighted by Gasteiger charge is 2.19. The lowest BCUT2D eigenvalue weighted by atomic mass is 9.84. The van der Waals surface area contributed by atoms with E-state index in [1.165, 1.54) is 38.2 Å². The van der Waals surface area contributed by atoms with Crippen LogP contribution in [0.15, 0.2) is 42.5 Å². The van der Waals surface area contributed by atoms with Gasteiger partial charge in [0.25, 0.3) is 0 Å². The quantitative estimate of drug-likeness (QED) is 0.653. The number of rotatable bonds is 1. The summed E-state index contributed by atoms with van der Waals surface area (Å²) >= 11 is 0. The van der Waals surface area contributed by atoms with Crippen molar-refractivity contribution in [2.24, 2.45) is 0 Å². The summed E-state index contributed by atoms with van der Waals surface area (Å²) in [6.07, 6.45) is 3.58. The number of aliphatic hydroxyl groups is 1. The Kier molecular flexibility index (Phi) is 2.97. The lowest BCUT2D eigenvalue weighted by molar-refractivity contribution is 0.159. The predicted molar refractivity (Wildman–Crippen MR) is 88.9 cm³/mol. The van der Waals surface area contributed by atoms with Gasteiger partial charge in [-0.25, -0.2) is 0 Å². The second-order valence-electron chi connectivity index (χ2n) is 6.13. The Balaban J connectivity index is 2.11. The average Bonchev–Trinajstić information content (AvgIpc) is 2.53. The van der Waals surface area contributed by atoms with E-state index < -0.39 is 0 Å². The van der Waals surface area contributed by atoms with Crippen LogP contribution in [0.5, 0.6) is 0 Å². The van der Waals surface area contributed by atoms with Gasteiger partial charge in [0.2, 0.25) is 0 Å². The zero-order chi connectivity index (χ0) is 14.4. The Morgan fingerprint density at radius 3 is 2.57 bits per heavy atom. The van der Waals surface area contributed by atoms with Crippen molar-refractivity contribution in [2.45, 2.75) is 38.7 Å². The second kappa shape index (κ2) is 4.85. The van der Waals surface area contributed by atoms with Crippen molar-refractivity contribution < 1.29 is 5.11 Å². The molecule has 21 heavy (non-hydrogen) atoms. The van der Waals surface area contributed by atoms with E-state index in [-0.39, 0.29) is 6.10 Å². The molecule has 1 aliphatic carbocycles. The molecule has 0 amide bonds. The Labute approximate surface area is 125 Å². The molecule has 106 valence electrons. The maximum atomic E-state index is 9.90. The third-order valence-corrected chi connectivity index (χ3v) is 4.90. The Morgan fingerprint density at radius 2 is 1.76 bits per heavy atom. The predicted octanol–water partition coefficient (Wildman–Crippen LogP) is 4.41. The van der Waals surface area contributed by atoms with Gasteiger partial charge >= 0.3 is 0 Å². The van der Waals surface area contributed by atoms with Gasteiger partial charge in [-0.1, -0.05) is 49.4 Å². The van der Waals surface area contributed by atoms with Crippen molar-refractivity contribution >= 4 is 21.5 Å². The summed E-state index contributed by atoms with van der Waals surface area (Å²) in [6, 6.07) is 15.6. The minimum atomic E-state index is -0.166. The number of aryl methyl sites for hydroxylation is 2. The molecule has 0 bridgehead atoms. The Hall–Kier alpha value is -1.86. The SMILES string of the molecule is CCc1cc2c3c(ccc2c2ccccc12)CC(O)CC3. The van der Waals surface area contributed by atoms with Gasteiger partial charge < -0.3 is 5.11 Å². The molecule has 1 heteroatoms. The highest BCUT2D eigenvalue weighted by molar-refractivity contribution is 6.10. The molecule has 1 atom stereocenters. The smallest absolute Gasteiger partial charge is 0.0583 e. The minimum Gasteiger partial charge on any atom is -0.393 e. The highest BCUT2D eigenvalue weighted by Crippen LogP contribution is 2.35. The van der Waals surface area contributed by atoms with Crippen LogP contribution in [0.25, 0.3) is 21.5 Å². The number of hydrogen-bond acceptors (Lipinski definition) is 1.